The minimum absolute atomic E-state index is 0.0534. The molecule has 2 amide bonds. The van der Waals surface area contributed by atoms with E-state index < -0.39 is 0 Å². The van der Waals surface area contributed by atoms with Crippen LogP contribution in [0.3, 0.4) is 0 Å². The monoisotopic (exact) mass is 270 g/mol. The Hall–Kier alpha value is -2.07. The molecule has 0 unspecified atom stereocenters. The maximum absolute atomic E-state index is 12.3. The van der Waals surface area contributed by atoms with E-state index in [1.165, 1.54) is 10.9 Å². The molecule has 0 spiro atoms. The maximum Gasteiger partial charge on any atom is 0.322 e. The van der Waals surface area contributed by atoms with Gasteiger partial charge >= 0.3 is 6.03 Å². The van der Waals surface area contributed by atoms with Crippen LogP contribution in [-0.2, 0) is 4.74 Å². The summed E-state index contributed by atoms with van der Waals surface area (Å²) in [5.41, 5.74) is 2.08. The molecule has 2 aromatic rings. The van der Waals surface area contributed by atoms with Crippen LogP contribution in [0.25, 0.3) is 10.8 Å². The Labute approximate surface area is 118 Å². The Morgan fingerprint density at radius 3 is 2.55 bits per heavy atom. The van der Waals surface area contributed by atoms with E-state index in [0.717, 1.165) is 11.1 Å². The molecule has 0 bridgehead atoms. The van der Waals surface area contributed by atoms with Crippen molar-refractivity contribution in [2.75, 3.05) is 31.6 Å². The number of carbonyl (C=O) groups is 1. The second-order valence-electron chi connectivity index (χ2n) is 5.01. The van der Waals surface area contributed by atoms with Gasteiger partial charge in [-0.05, 0) is 23.9 Å². The standard InChI is InChI=1S/C16H18N2O2/c1-12-6-7-15(14-5-3-2-4-13(12)14)17-16(19)18-8-10-20-11-9-18/h2-7H,8-11H2,1H3,(H,17,19). The Morgan fingerprint density at radius 2 is 1.80 bits per heavy atom. The molecule has 4 nitrogen and oxygen atoms in total. The molecule has 0 atom stereocenters. The van der Waals surface area contributed by atoms with E-state index in [2.05, 4.69) is 18.3 Å². The molecule has 1 fully saturated rings. The molecule has 3 rings (SSSR count). The number of fused-ring (bicyclic) bond motifs is 1. The Kier molecular flexibility index (Phi) is 3.56. The predicted molar refractivity (Wildman–Crippen MR) is 80.1 cm³/mol. The number of morpholine rings is 1. The lowest BCUT2D eigenvalue weighted by molar-refractivity contribution is 0.0565. The number of anilines is 1. The van der Waals surface area contributed by atoms with Gasteiger partial charge in [0.05, 0.1) is 18.9 Å². The van der Waals surface area contributed by atoms with Gasteiger partial charge in [-0.1, -0.05) is 30.3 Å². The number of nitrogens with one attached hydrogen (secondary N) is 1. The van der Waals surface area contributed by atoms with Crippen LogP contribution in [0.2, 0.25) is 0 Å². The molecule has 0 aromatic heterocycles. The highest BCUT2D eigenvalue weighted by molar-refractivity contribution is 6.02. The van der Waals surface area contributed by atoms with Crippen molar-refractivity contribution in [3.63, 3.8) is 0 Å². The van der Waals surface area contributed by atoms with Crippen LogP contribution in [0.4, 0.5) is 10.5 Å². The third kappa shape index (κ3) is 2.47. The quantitative estimate of drug-likeness (QED) is 0.865. The number of amides is 2. The molecule has 0 saturated carbocycles. The van der Waals surface area contributed by atoms with Gasteiger partial charge < -0.3 is 15.0 Å². The second kappa shape index (κ2) is 5.51. The van der Waals surface area contributed by atoms with Crippen LogP contribution in [0, 0.1) is 6.92 Å². The summed E-state index contributed by atoms with van der Waals surface area (Å²) < 4.78 is 5.26. The largest absolute Gasteiger partial charge is 0.378 e. The average molecular weight is 270 g/mol. The van der Waals surface area contributed by atoms with Crippen molar-refractivity contribution in [3.05, 3.63) is 42.0 Å². The summed E-state index contributed by atoms with van der Waals surface area (Å²) in [6.07, 6.45) is 0. The molecule has 1 aliphatic heterocycles. The van der Waals surface area contributed by atoms with E-state index in [1.54, 1.807) is 4.90 Å². The number of hydrogen-bond donors (Lipinski definition) is 1. The predicted octanol–water partition coefficient (Wildman–Crippen LogP) is 3.01. The minimum Gasteiger partial charge on any atom is -0.378 e. The van der Waals surface area contributed by atoms with Crippen molar-refractivity contribution >= 4 is 22.5 Å². The Balaban J connectivity index is 1.87. The van der Waals surface area contributed by atoms with E-state index in [4.69, 9.17) is 4.74 Å². The normalized spacial score (nSPS) is 15.3. The number of benzene rings is 2. The molecule has 1 heterocycles. The van der Waals surface area contributed by atoms with E-state index in [9.17, 15) is 4.79 Å². The summed E-state index contributed by atoms with van der Waals surface area (Å²) in [6, 6.07) is 12.1. The van der Waals surface area contributed by atoms with Gasteiger partial charge in [0.2, 0.25) is 0 Å². The Bertz CT molecular complexity index is 633. The fraction of sp³-hybridized carbons (Fsp3) is 0.312. The Morgan fingerprint density at radius 1 is 1.10 bits per heavy atom. The molecule has 0 radical (unpaired) electrons. The topological polar surface area (TPSA) is 41.6 Å². The summed E-state index contributed by atoms with van der Waals surface area (Å²) in [4.78, 5) is 14.0. The van der Waals surface area contributed by atoms with Crippen molar-refractivity contribution < 1.29 is 9.53 Å². The zero-order chi connectivity index (χ0) is 13.9. The van der Waals surface area contributed by atoms with Gasteiger partial charge in [0.25, 0.3) is 0 Å². The first-order valence-corrected chi connectivity index (χ1v) is 6.88. The first-order valence-electron chi connectivity index (χ1n) is 6.88. The molecule has 1 aliphatic rings. The minimum atomic E-state index is -0.0534. The number of carbonyl (C=O) groups excluding carboxylic acids is 1. The lowest BCUT2D eigenvalue weighted by Crippen LogP contribution is -2.43. The maximum atomic E-state index is 12.3. The third-order valence-corrected chi connectivity index (χ3v) is 3.68. The number of rotatable bonds is 1. The molecule has 0 aliphatic carbocycles. The average Bonchev–Trinajstić information content (AvgIpc) is 2.51. The van der Waals surface area contributed by atoms with Crippen LogP contribution in [0.15, 0.2) is 36.4 Å². The van der Waals surface area contributed by atoms with Crippen LogP contribution >= 0.6 is 0 Å². The number of hydrogen-bond acceptors (Lipinski definition) is 2. The third-order valence-electron chi connectivity index (χ3n) is 3.68. The number of urea groups is 1. The highest BCUT2D eigenvalue weighted by Crippen LogP contribution is 2.26. The highest BCUT2D eigenvalue weighted by atomic mass is 16.5. The zero-order valence-corrected chi connectivity index (χ0v) is 11.6. The van der Waals surface area contributed by atoms with Gasteiger partial charge in [0, 0.05) is 18.5 Å². The van der Waals surface area contributed by atoms with Crippen LogP contribution in [0.1, 0.15) is 5.56 Å². The van der Waals surface area contributed by atoms with Crippen molar-refractivity contribution in [3.8, 4) is 0 Å². The summed E-state index contributed by atoms with van der Waals surface area (Å²) in [5, 5.41) is 5.26. The van der Waals surface area contributed by atoms with Crippen molar-refractivity contribution in [1.29, 1.82) is 0 Å². The van der Waals surface area contributed by atoms with E-state index in [-0.39, 0.29) is 6.03 Å². The van der Waals surface area contributed by atoms with Gasteiger partial charge in [-0.25, -0.2) is 4.79 Å². The van der Waals surface area contributed by atoms with Gasteiger partial charge in [-0.15, -0.1) is 0 Å². The van der Waals surface area contributed by atoms with Crippen molar-refractivity contribution in [2.24, 2.45) is 0 Å². The van der Waals surface area contributed by atoms with Crippen molar-refractivity contribution in [2.45, 2.75) is 6.92 Å². The van der Waals surface area contributed by atoms with E-state index in [0.29, 0.717) is 26.3 Å². The lowest BCUT2D eigenvalue weighted by Gasteiger charge is -2.27. The fourth-order valence-electron chi connectivity index (χ4n) is 2.52. The second-order valence-corrected chi connectivity index (χ2v) is 5.01. The highest BCUT2D eigenvalue weighted by Gasteiger charge is 2.17. The summed E-state index contributed by atoms with van der Waals surface area (Å²) in [6.45, 7) is 4.60. The number of ether oxygens (including phenoxy) is 1. The van der Waals surface area contributed by atoms with Gasteiger partial charge in [-0.3, -0.25) is 0 Å². The van der Waals surface area contributed by atoms with E-state index in [1.807, 2.05) is 30.3 Å². The smallest absolute Gasteiger partial charge is 0.322 e. The first-order chi connectivity index (χ1) is 9.75. The number of nitrogens with zero attached hydrogens (tertiary/aromatic N) is 1. The molecular weight excluding hydrogens is 252 g/mol. The molecule has 1 saturated heterocycles. The SMILES string of the molecule is Cc1ccc(NC(=O)N2CCOCC2)c2ccccc12. The summed E-state index contributed by atoms with van der Waals surface area (Å²) >= 11 is 0. The molecule has 104 valence electrons. The van der Waals surface area contributed by atoms with Crippen molar-refractivity contribution in [1.82, 2.24) is 4.90 Å². The molecule has 2 aromatic carbocycles. The van der Waals surface area contributed by atoms with Gasteiger partial charge in [0.15, 0.2) is 0 Å². The number of aryl methyl sites for hydroxylation is 1. The van der Waals surface area contributed by atoms with Crippen LogP contribution < -0.4 is 5.32 Å². The first kappa shape index (κ1) is 12.9. The molecular formula is C16H18N2O2. The molecule has 4 heteroatoms. The van der Waals surface area contributed by atoms with E-state index >= 15 is 0 Å². The zero-order valence-electron chi connectivity index (χ0n) is 11.6. The lowest BCUT2D eigenvalue weighted by atomic mass is 10.0. The van der Waals surface area contributed by atoms with Crippen LogP contribution in [-0.4, -0.2) is 37.2 Å². The fourth-order valence-corrected chi connectivity index (χ4v) is 2.52. The summed E-state index contributed by atoms with van der Waals surface area (Å²) in [5.74, 6) is 0. The van der Waals surface area contributed by atoms with Gasteiger partial charge in [-0.2, -0.15) is 0 Å². The van der Waals surface area contributed by atoms with Crippen LogP contribution in [0.5, 0.6) is 0 Å². The molecule has 20 heavy (non-hydrogen) atoms. The summed E-state index contributed by atoms with van der Waals surface area (Å²) in [7, 11) is 0. The van der Waals surface area contributed by atoms with Gasteiger partial charge in [0.1, 0.15) is 0 Å². The molecule has 1 N–H and O–H groups in total.